The molecule has 5 nitrogen and oxygen atoms in total. The van der Waals surface area contributed by atoms with E-state index in [1.54, 1.807) is 0 Å². The van der Waals surface area contributed by atoms with Crippen LogP contribution >= 0.6 is 0 Å². The Kier molecular flexibility index (Phi) is 3.88. The van der Waals surface area contributed by atoms with Gasteiger partial charge in [-0.25, -0.2) is 0 Å². The van der Waals surface area contributed by atoms with Gasteiger partial charge >= 0.3 is 0 Å². The maximum atomic E-state index is 5.85. The Labute approximate surface area is 84.3 Å². The van der Waals surface area contributed by atoms with Crippen molar-refractivity contribution in [2.45, 2.75) is 32.7 Å². The summed E-state index contributed by atoms with van der Waals surface area (Å²) in [5.41, 5.74) is 5.85. The molecule has 0 unspecified atom stereocenters. The van der Waals surface area contributed by atoms with E-state index in [0.717, 1.165) is 19.4 Å². The van der Waals surface area contributed by atoms with Crippen molar-refractivity contribution in [3.8, 4) is 0 Å². The van der Waals surface area contributed by atoms with E-state index in [-0.39, 0.29) is 6.04 Å². The zero-order chi connectivity index (χ0) is 10.6. The lowest BCUT2D eigenvalue weighted by atomic mass is 10.2. The van der Waals surface area contributed by atoms with Crippen molar-refractivity contribution in [3.63, 3.8) is 0 Å². The van der Waals surface area contributed by atoms with Gasteiger partial charge in [-0.2, -0.15) is 4.98 Å². The van der Waals surface area contributed by atoms with Crippen LogP contribution in [0, 0.1) is 0 Å². The molecule has 0 aromatic carbocycles. The highest BCUT2D eigenvalue weighted by molar-refractivity contribution is 5.25. The van der Waals surface area contributed by atoms with Crippen molar-refractivity contribution in [3.05, 3.63) is 5.89 Å². The van der Waals surface area contributed by atoms with Crippen molar-refractivity contribution >= 4 is 5.95 Å². The minimum atomic E-state index is -0.133. The molecule has 0 saturated heterocycles. The van der Waals surface area contributed by atoms with E-state index in [1.807, 2.05) is 18.9 Å². The van der Waals surface area contributed by atoms with Gasteiger partial charge in [-0.3, -0.25) is 0 Å². The van der Waals surface area contributed by atoms with Crippen LogP contribution in [0.15, 0.2) is 4.52 Å². The van der Waals surface area contributed by atoms with Crippen LogP contribution in [0.3, 0.4) is 0 Å². The van der Waals surface area contributed by atoms with Gasteiger partial charge in [0.05, 0.1) is 6.04 Å². The second-order valence-electron chi connectivity index (χ2n) is 3.34. The van der Waals surface area contributed by atoms with Gasteiger partial charge in [0, 0.05) is 13.6 Å². The largest absolute Gasteiger partial charge is 0.342 e. The lowest BCUT2D eigenvalue weighted by molar-refractivity contribution is 0.347. The number of hydrogen-bond acceptors (Lipinski definition) is 5. The molecule has 0 fully saturated rings. The molecule has 14 heavy (non-hydrogen) atoms. The zero-order valence-electron chi connectivity index (χ0n) is 9.03. The van der Waals surface area contributed by atoms with Crippen LogP contribution in [0.5, 0.6) is 0 Å². The molecule has 0 aliphatic carbocycles. The van der Waals surface area contributed by atoms with Gasteiger partial charge in [-0.05, 0) is 18.5 Å². The van der Waals surface area contributed by atoms with E-state index in [0.29, 0.717) is 11.8 Å². The van der Waals surface area contributed by atoms with Gasteiger partial charge in [-0.15, -0.1) is 0 Å². The Morgan fingerprint density at radius 2 is 2.21 bits per heavy atom. The molecule has 0 aliphatic heterocycles. The molecule has 1 aromatic rings. The third kappa shape index (κ3) is 2.45. The van der Waals surface area contributed by atoms with Crippen LogP contribution < -0.4 is 10.6 Å². The van der Waals surface area contributed by atoms with Crippen molar-refractivity contribution in [1.82, 2.24) is 10.1 Å². The Hall–Kier alpha value is -1.10. The van der Waals surface area contributed by atoms with Gasteiger partial charge in [0.25, 0.3) is 5.95 Å². The quantitative estimate of drug-likeness (QED) is 0.773. The summed E-state index contributed by atoms with van der Waals surface area (Å²) in [6, 6.07) is -0.133. The van der Waals surface area contributed by atoms with Crippen LogP contribution in [-0.4, -0.2) is 23.7 Å². The Morgan fingerprint density at radius 3 is 2.79 bits per heavy atom. The fraction of sp³-hybridized carbons (Fsp3) is 0.778. The lowest BCUT2D eigenvalue weighted by Gasteiger charge is -2.09. The van der Waals surface area contributed by atoms with Gasteiger partial charge in [-0.1, -0.05) is 13.3 Å². The summed E-state index contributed by atoms with van der Waals surface area (Å²) >= 11 is 0. The molecule has 0 saturated carbocycles. The maximum Gasteiger partial charge on any atom is 0.265 e. The molecule has 0 aliphatic rings. The summed E-state index contributed by atoms with van der Waals surface area (Å²) in [7, 11) is 1.92. The van der Waals surface area contributed by atoms with Gasteiger partial charge < -0.3 is 15.2 Å². The highest BCUT2D eigenvalue weighted by Gasteiger charge is 2.14. The summed E-state index contributed by atoms with van der Waals surface area (Å²) in [4.78, 5) is 6.13. The number of aromatic nitrogens is 2. The topological polar surface area (TPSA) is 68.2 Å². The SMILES string of the molecule is CCC[C@@H](N)c1nc(N(C)CC)no1. The summed E-state index contributed by atoms with van der Waals surface area (Å²) in [6.07, 6.45) is 1.89. The van der Waals surface area contributed by atoms with Crippen LogP contribution in [0.4, 0.5) is 5.95 Å². The standard InChI is InChI=1S/C9H18N4O/c1-4-6-7(10)8-11-9(12-14-8)13(3)5-2/h7H,4-6,10H2,1-3H3/t7-/m1/s1. The number of nitrogens with two attached hydrogens (primary N) is 1. The third-order valence-electron chi connectivity index (χ3n) is 2.16. The normalized spacial score (nSPS) is 12.9. The summed E-state index contributed by atoms with van der Waals surface area (Å²) in [5, 5.41) is 3.85. The van der Waals surface area contributed by atoms with Gasteiger partial charge in [0.15, 0.2) is 0 Å². The minimum Gasteiger partial charge on any atom is -0.342 e. The third-order valence-corrected chi connectivity index (χ3v) is 2.16. The van der Waals surface area contributed by atoms with E-state index >= 15 is 0 Å². The number of anilines is 1. The first-order valence-electron chi connectivity index (χ1n) is 4.99. The van der Waals surface area contributed by atoms with Crippen LogP contribution in [0.2, 0.25) is 0 Å². The first kappa shape index (κ1) is 11.0. The predicted octanol–water partition coefficient (Wildman–Crippen LogP) is 1.33. The first-order valence-corrected chi connectivity index (χ1v) is 4.99. The van der Waals surface area contributed by atoms with Crippen LogP contribution in [0.1, 0.15) is 38.6 Å². The number of nitrogens with zero attached hydrogens (tertiary/aromatic N) is 3. The molecule has 1 aromatic heterocycles. The predicted molar refractivity (Wildman–Crippen MR) is 55.1 cm³/mol. The monoisotopic (exact) mass is 198 g/mol. The van der Waals surface area contributed by atoms with E-state index in [1.165, 1.54) is 0 Å². The molecule has 1 heterocycles. The second-order valence-corrected chi connectivity index (χ2v) is 3.34. The molecule has 5 heteroatoms. The lowest BCUT2D eigenvalue weighted by Crippen LogP contribution is -2.17. The van der Waals surface area contributed by atoms with Crippen LogP contribution in [-0.2, 0) is 0 Å². The van der Waals surface area contributed by atoms with Gasteiger partial charge in [0.1, 0.15) is 0 Å². The Bertz CT molecular complexity index is 274. The van der Waals surface area contributed by atoms with Crippen molar-refractivity contribution in [1.29, 1.82) is 0 Å². The number of rotatable bonds is 5. The highest BCUT2D eigenvalue weighted by Crippen LogP contribution is 2.16. The zero-order valence-corrected chi connectivity index (χ0v) is 9.03. The molecule has 0 radical (unpaired) electrons. The smallest absolute Gasteiger partial charge is 0.265 e. The molecular weight excluding hydrogens is 180 g/mol. The highest BCUT2D eigenvalue weighted by atomic mass is 16.5. The van der Waals surface area contributed by atoms with E-state index in [9.17, 15) is 0 Å². The van der Waals surface area contributed by atoms with Gasteiger partial charge in [0.2, 0.25) is 5.89 Å². The molecule has 1 atom stereocenters. The minimum absolute atomic E-state index is 0.133. The van der Waals surface area contributed by atoms with E-state index in [2.05, 4.69) is 17.1 Å². The van der Waals surface area contributed by atoms with E-state index in [4.69, 9.17) is 10.3 Å². The van der Waals surface area contributed by atoms with Crippen molar-refractivity contribution < 1.29 is 4.52 Å². The molecule has 0 spiro atoms. The number of hydrogen-bond donors (Lipinski definition) is 1. The Balaban J connectivity index is 2.67. The van der Waals surface area contributed by atoms with Crippen molar-refractivity contribution in [2.24, 2.45) is 5.73 Å². The van der Waals surface area contributed by atoms with E-state index < -0.39 is 0 Å². The Morgan fingerprint density at radius 1 is 1.50 bits per heavy atom. The summed E-state index contributed by atoms with van der Waals surface area (Å²) < 4.78 is 5.07. The van der Waals surface area contributed by atoms with Crippen LogP contribution in [0.25, 0.3) is 0 Å². The second kappa shape index (κ2) is 4.95. The average molecular weight is 198 g/mol. The summed E-state index contributed by atoms with van der Waals surface area (Å²) in [6.45, 7) is 4.96. The first-order chi connectivity index (χ1) is 6.69. The maximum absolute atomic E-state index is 5.85. The van der Waals surface area contributed by atoms with Crippen molar-refractivity contribution in [2.75, 3.05) is 18.5 Å². The molecule has 1 rings (SSSR count). The molecule has 2 N–H and O–H groups in total. The fourth-order valence-electron chi connectivity index (χ4n) is 1.11. The molecule has 80 valence electrons. The molecular formula is C9H18N4O. The molecule has 0 bridgehead atoms. The fourth-order valence-corrected chi connectivity index (χ4v) is 1.11. The average Bonchev–Trinajstić information content (AvgIpc) is 2.66. The molecule has 0 amide bonds. The summed E-state index contributed by atoms with van der Waals surface area (Å²) in [5.74, 6) is 1.14.